The van der Waals surface area contributed by atoms with Gasteiger partial charge in [-0.05, 0) is 25.8 Å². The molecule has 0 aromatic carbocycles. The molecular weight excluding hydrogens is 474 g/mol. The quantitative estimate of drug-likeness (QED) is 0.270. The Balaban J connectivity index is 1.91. The molecule has 2 aromatic rings. The van der Waals surface area contributed by atoms with Gasteiger partial charge in [0, 0.05) is 45.1 Å². The van der Waals surface area contributed by atoms with Crippen molar-refractivity contribution in [2.75, 3.05) is 25.6 Å². The molecule has 1 aliphatic rings. The van der Waals surface area contributed by atoms with Crippen molar-refractivity contribution in [3.8, 4) is 0 Å². The molecule has 34 heavy (non-hydrogen) atoms. The van der Waals surface area contributed by atoms with Gasteiger partial charge in [0.15, 0.2) is 5.82 Å². The molecule has 10 heteroatoms. The largest absolute Gasteiger partial charge is 0.381 e. The van der Waals surface area contributed by atoms with E-state index in [2.05, 4.69) is 34.3 Å². The van der Waals surface area contributed by atoms with Gasteiger partial charge in [-0.25, -0.2) is 14.7 Å². The van der Waals surface area contributed by atoms with Crippen LogP contribution in [-0.2, 0) is 15.9 Å². The van der Waals surface area contributed by atoms with Crippen LogP contribution in [0, 0.1) is 0 Å². The van der Waals surface area contributed by atoms with E-state index in [4.69, 9.17) is 26.1 Å². The zero-order valence-electron chi connectivity index (χ0n) is 19.3. The van der Waals surface area contributed by atoms with E-state index < -0.39 is 0 Å². The molecule has 3 rings (SSSR count). The normalized spacial score (nSPS) is 15.5. The van der Waals surface area contributed by atoms with Crippen molar-refractivity contribution < 1.29 is 14.3 Å². The number of hydrogen-bond acceptors (Lipinski definition) is 7. The lowest BCUT2D eigenvalue weighted by atomic mass is 10.0. The first-order valence-electron chi connectivity index (χ1n) is 10.8. The van der Waals surface area contributed by atoms with Gasteiger partial charge in [-0.15, -0.1) is 17.1 Å². The molecule has 1 atom stereocenters. The van der Waals surface area contributed by atoms with Gasteiger partial charge in [-0.1, -0.05) is 30.8 Å². The number of hydrogen-bond donors (Lipinski definition) is 1. The van der Waals surface area contributed by atoms with Crippen LogP contribution in [0.1, 0.15) is 46.7 Å². The number of allylic oxidation sites excluding steroid dienone is 2. The maximum absolute atomic E-state index is 13.2. The van der Waals surface area contributed by atoms with Crippen molar-refractivity contribution in [2.24, 2.45) is 4.99 Å². The molecule has 0 bridgehead atoms. The van der Waals surface area contributed by atoms with E-state index in [-0.39, 0.29) is 12.0 Å². The summed E-state index contributed by atoms with van der Waals surface area (Å²) in [4.78, 5) is 22.4. The standard InChI is InChI=1S/C24H28ClN5O3S/c1-5-17(25)8-9-18(32-4)14-20-24(34-23(28-20)16-10-12-33-13-11-16)29-22(31)19-15-27-30(7-3)21(19)26-6-2/h6-9,15-16,18H,1,3,10-14H2,2,4H3,(H,29,31)/b9-8-,26-6?. The summed E-state index contributed by atoms with van der Waals surface area (Å²) in [6.45, 7) is 10.4. The van der Waals surface area contributed by atoms with Gasteiger partial charge < -0.3 is 14.8 Å². The molecule has 1 unspecified atom stereocenters. The van der Waals surface area contributed by atoms with Crippen LogP contribution < -0.4 is 5.32 Å². The number of aromatic nitrogens is 3. The monoisotopic (exact) mass is 501 g/mol. The Morgan fingerprint density at radius 2 is 2.29 bits per heavy atom. The highest BCUT2D eigenvalue weighted by molar-refractivity contribution is 7.16. The summed E-state index contributed by atoms with van der Waals surface area (Å²) in [5.41, 5.74) is 3.70. The first-order chi connectivity index (χ1) is 16.5. The topological polar surface area (TPSA) is 90.6 Å². The van der Waals surface area contributed by atoms with E-state index in [1.807, 2.05) is 6.08 Å². The van der Waals surface area contributed by atoms with Crippen LogP contribution in [0.3, 0.4) is 0 Å². The van der Waals surface area contributed by atoms with Gasteiger partial charge in [-0.2, -0.15) is 5.10 Å². The SMILES string of the molecule is C=C=C(Cl)/C=C\C(Cc1nc(C2CCOCC2)sc1NC(=O)c1cnn(C=C)c1N=CC)OC. The second-order valence-corrected chi connectivity index (χ2v) is 8.86. The number of carbonyl (C=O) groups excluding carboxylic acids is 1. The summed E-state index contributed by atoms with van der Waals surface area (Å²) in [5, 5.41) is 9.23. The smallest absolute Gasteiger partial charge is 0.261 e. The molecule has 8 nitrogen and oxygen atoms in total. The van der Waals surface area contributed by atoms with Crippen LogP contribution in [0.2, 0.25) is 0 Å². The van der Waals surface area contributed by atoms with Gasteiger partial charge in [0.25, 0.3) is 5.91 Å². The van der Waals surface area contributed by atoms with E-state index in [0.717, 1.165) is 23.5 Å². The lowest BCUT2D eigenvalue weighted by Gasteiger charge is -2.19. The third-order valence-corrected chi connectivity index (χ3v) is 6.71. The number of aliphatic imine (C=N–C) groups is 1. The number of halogens is 1. The fourth-order valence-corrected chi connectivity index (χ4v) is 4.70. The zero-order valence-corrected chi connectivity index (χ0v) is 20.9. The molecule has 180 valence electrons. The number of ether oxygens (including phenoxy) is 2. The van der Waals surface area contributed by atoms with Crippen molar-refractivity contribution in [1.82, 2.24) is 14.8 Å². The molecule has 1 N–H and O–H groups in total. The predicted octanol–water partition coefficient (Wildman–Crippen LogP) is 5.33. The van der Waals surface area contributed by atoms with E-state index in [0.29, 0.717) is 47.0 Å². The Bertz CT molecular complexity index is 1120. The summed E-state index contributed by atoms with van der Waals surface area (Å²) in [6, 6.07) is 0. The Morgan fingerprint density at radius 3 is 2.94 bits per heavy atom. The molecule has 3 heterocycles. The molecular formula is C24H28ClN5O3S. The van der Waals surface area contributed by atoms with E-state index in [1.165, 1.54) is 28.4 Å². The van der Waals surface area contributed by atoms with Crippen molar-refractivity contribution in [1.29, 1.82) is 0 Å². The van der Waals surface area contributed by atoms with Crippen LogP contribution in [0.25, 0.3) is 6.20 Å². The van der Waals surface area contributed by atoms with Gasteiger partial charge in [0.2, 0.25) is 0 Å². The van der Waals surface area contributed by atoms with Gasteiger partial charge >= 0.3 is 0 Å². The van der Waals surface area contributed by atoms with Crippen molar-refractivity contribution in [2.45, 2.75) is 38.2 Å². The minimum Gasteiger partial charge on any atom is -0.381 e. The van der Waals surface area contributed by atoms with Crippen LogP contribution >= 0.6 is 22.9 Å². The average molecular weight is 502 g/mol. The highest BCUT2D eigenvalue weighted by Crippen LogP contribution is 2.36. The molecule has 0 aliphatic carbocycles. The molecule has 1 amide bonds. The maximum Gasteiger partial charge on any atom is 0.261 e. The number of nitrogens with zero attached hydrogens (tertiary/aromatic N) is 4. The fourth-order valence-electron chi connectivity index (χ4n) is 3.47. The average Bonchev–Trinajstić information content (AvgIpc) is 3.46. The summed E-state index contributed by atoms with van der Waals surface area (Å²) < 4.78 is 12.6. The van der Waals surface area contributed by atoms with Crippen molar-refractivity contribution >= 4 is 52.1 Å². The van der Waals surface area contributed by atoms with Crippen LogP contribution in [0.4, 0.5) is 10.8 Å². The number of nitrogens with one attached hydrogen (secondary N) is 1. The van der Waals surface area contributed by atoms with Gasteiger partial charge in [0.1, 0.15) is 10.6 Å². The second-order valence-electron chi connectivity index (χ2n) is 7.43. The van der Waals surface area contributed by atoms with E-state index in [1.54, 1.807) is 26.3 Å². The molecule has 1 aliphatic heterocycles. The third-order valence-electron chi connectivity index (χ3n) is 5.27. The Labute approximate surface area is 208 Å². The summed E-state index contributed by atoms with van der Waals surface area (Å²) in [6.07, 6.45) is 10.0. The molecule has 0 saturated carbocycles. The number of anilines is 1. The van der Waals surface area contributed by atoms with E-state index >= 15 is 0 Å². The minimum absolute atomic E-state index is 0.293. The summed E-state index contributed by atoms with van der Waals surface area (Å²) in [7, 11) is 1.61. The summed E-state index contributed by atoms with van der Waals surface area (Å²) in [5.74, 6) is 0.384. The predicted molar refractivity (Wildman–Crippen MR) is 137 cm³/mol. The maximum atomic E-state index is 13.2. The highest BCUT2D eigenvalue weighted by atomic mass is 35.5. The van der Waals surface area contributed by atoms with Crippen LogP contribution in [0.15, 0.2) is 47.3 Å². The molecule has 1 fully saturated rings. The molecule has 2 aromatic heterocycles. The number of methoxy groups -OCH3 is 1. The van der Waals surface area contributed by atoms with Crippen LogP contribution in [-0.4, -0.2) is 53.3 Å². The fraction of sp³-hybridized carbons (Fsp3) is 0.375. The molecule has 1 saturated heterocycles. The Hall–Kier alpha value is -2.81. The third kappa shape index (κ3) is 6.40. The summed E-state index contributed by atoms with van der Waals surface area (Å²) >= 11 is 7.47. The van der Waals surface area contributed by atoms with Gasteiger partial charge in [-0.3, -0.25) is 4.79 Å². The second kappa shape index (κ2) is 12.6. The van der Waals surface area contributed by atoms with Crippen molar-refractivity contribution in [3.05, 3.63) is 58.5 Å². The number of carbonyl (C=O) groups is 1. The zero-order chi connectivity index (χ0) is 24.5. The lowest BCUT2D eigenvalue weighted by Crippen LogP contribution is -2.16. The lowest BCUT2D eigenvalue weighted by molar-refractivity contribution is 0.0852. The minimum atomic E-state index is -0.320. The highest BCUT2D eigenvalue weighted by Gasteiger charge is 2.25. The number of rotatable bonds is 10. The van der Waals surface area contributed by atoms with Crippen molar-refractivity contribution in [3.63, 3.8) is 0 Å². The van der Waals surface area contributed by atoms with E-state index in [9.17, 15) is 4.79 Å². The van der Waals surface area contributed by atoms with Crippen LogP contribution in [0.5, 0.6) is 0 Å². The number of thiazole rings is 1. The molecule has 0 radical (unpaired) electrons. The Morgan fingerprint density at radius 1 is 1.53 bits per heavy atom. The molecule has 0 spiro atoms. The first-order valence-corrected chi connectivity index (χ1v) is 12.0. The van der Waals surface area contributed by atoms with Gasteiger partial charge in [0.05, 0.1) is 28.0 Å². The number of amides is 1. The Kier molecular flexibility index (Phi) is 9.56. The first kappa shape index (κ1) is 25.8.